The van der Waals surface area contributed by atoms with Crippen molar-refractivity contribution in [1.29, 1.82) is 0 Å². The molecule has 0 radical (unpaired) electrons. The van der Waals surface area contributed by atoms with E-state index < -0.39 is 0 Å². The first kappa shape index (κ1) is 18.8. The van der Waals surface area contributed by atoms with Gasteiger partial charge in [-0.15, -0.1) is 0 Å². The second-order valence-corrected chi connectivity index (χ2v) is 7.24. The molecule has 1 fully saturated rings. The number of likely N-dealkylation sites (tertiary alicyclic amines) is 1. The molecule has 3 N–H and O–H groups in total. The number of hydrogen-bond donors (Lipinski definition) is 2. The fraction of sp³-hybridized carbons (Fsp3) is 0.364. The highest BCUT2D eigenvalue weighted by atomic mass is 19.1. The quantitative estimate of drug-likeness (QED) is 0.657. The van der Waals surface area contributed by atoms with Gasteiger partial charge < -0.3 is 11.1 Å². The van der Waals surface area contributed by atoms with Crippen LogP contribution in [0.5, 0.6) is 0 Å². The van der Waals surface area contributed by atoms with Crippen LogP contribution in [0.2, 0.25) is 0 Å². The Morgan fingerprint density at radius 3 is 2.54 bits per heavy atom. The van der Waals surface area contributed by atoms with Crippen LogP contribution >= 0.6 is 0 Å². The molecule has 0 amide bonds. The maximum Gasteiger partial charge on any atom is 0.137 e. The van der Waals surface area contributed by atoms with Crippen molar-refractivity contribution in [3.05, 3.63) is 65.7 Å². The second-order valence-electron chi connectivity index (χ2n) is 7.24. The molecule has 5 nitrogen and oxygen atoms in total. The highest BCUT2D eigenvalue weighted by Crippen LogP contribution is 2.27. The lowest BCUT2D eigenvalue weighted by Crippen LogP contribution is -2.31. The van der Waals surface area contributed by atoms with E-state index in [1.165, 1.54) is 25.0 Å². The SMILES string of the molecule is NCCc1nc(NC[C@@H](c2ccc(F)cc2)N2CCCC2)c2ccccc2n1. The Labute approximate surface area is 164 Å². The topological polar surface area (TPSA) is 67.1 Å². The van der Waals surface area contributed by atoms with Crippen LogP contribution in [0.15, 0.2) is 48.5 Å². The summed E-state index contributed by atoms with van der Waals surface area (Å²) in [4.78, 5) is 11.8. The Morgan fingerprint density at radius 1 is 1.04 bits per heavy atom. The molecule has 1 aliphatic rings. The average Bonchev–Trinajstić information content (AvgIpc) is 3.24. The van der Waals surface area contributed by atoms with Gasteiger partial charge in [-0.05, 0) is 62.3 Å². The number of rotatable bonds is 7. The lowest BCUT2D eigenvalue weighted by Gasteiger charge is -2.28. The van der Waals surface area contributed by atoms with Crippen LogP contribution in [0.3, 0.4) is 0 Å². The summed E-state index contributed by atoms with van der Waals surface area (Å²) < 4.78 is 13.4. The van der Waals surface area contributed by atoms with Gasteiger partial charge in [-0.2, -0.15) is 0 Å². The van der Waals surface area contributed by atoms with E-state index in [0.717, 1.165) is 41.2 Å². The van der Waals surface area contributed by atoms with Crippen LogP contribution in [-0.4, -0.2) is 41.0 Å². The van der Waals surface area contributed by atoms with E-state index in [-0.39, 0.29) is 11.9 Å². The van der Waals surface area contributed by atoms with Crippen molar-refractivity contribution >= 4 is 16.7 Å². The smallest absolute Gasteiger partial charge is 0.137 e. The fourth-order valence-electron chi connectivity index (χ4n) is 3.89. The molecule has 2 aromatic carbocycles. The summed E-state index contributed by atoms with van der Waals surface area (Å²) in [6.45, 7) is 3.35. The third kappa shape index (κ3) is 4.13. The first-order valence-corrected chi connectivity index (χ1v) is 9.94. The summed E-state index contributed by atoms with van der Waals surface area (Å²) in [5.74, 6) is 1.38. The summed E-state index contributed by atoms with van der Waals surface area (Å²) >= 11 is 0. The molecule has 146 valence electrons. The van der Waals surface area contributed by atoms with Gasteiger partial charge in [-0.25, -0.2) is 14.4 Å². The van der Waals surface area contributed by atoms with E-state index in [4.69, 9.17) is 10.7 Å². The molecule has 1 atom stereocenters. The lowest BCUT2D eigenvalue weighted by molar-refractivity contribution is 0.256. The van der Waals surface area contributed by atoms with Crippen molar-refractivity contribution in [3.63, 3.8) is 0 Å². The molecular weight excluding hydrogens is 353 g/mol. The number of para-hydroxylation sites is 1. The number of nitrogens with one attached hydrogen (secondary N) is 1. The summed E-state index contributed by atoms with van der Waals surface area (Å²) in [5.41, 5.74) is 7.75. The Bertz CT molecular complexity index is 922. The van der Waals surface area contributed by atoms with Crippen molar-refractivity contribution in [2.24, 2.45) is 5.73 Å². The van der Waals surface area contributed by atoms with Crippen LogP contribution in [0.1, 0.15) is 30.3 Å². The Balaban J connectivity index is 1.62. The Morgan fingerprint density at radius 2 is 1.79 bits per heavy atom. The summed E-state index contributed by atoms with van der Waals surface area (Å²) in [7, 11) is 0. The van der Waals surface area contributed by atoms with Gasteiger partial charge in [0.2, 0.25) is 0 Å². The normalized spacial score (nSPS) is 15.8. The highest BCUT2D eigenvalue weighted by Gasteiger charge is 2.24. The molecule has 1 saturated heterocycles. The molecular formula is C22H26FN5. The van der Waals surface area contributed by atoms with E-state index >= 15 is 0 Å². The van der Waals surface area contributed by atoms with Crippen molar-refractivity contribution < 1.29 is 4.39 Å². The van der Waals surface area contributed by atoms with E-state index in [1.807, 2.05) is 36.4 Å². The molecule has 0 bridgehead atoms. The van der Waals surface area contributed by atoms with Gasteiger partial charge in [0.05, 0.1) is 11.6 Å². The van der Waals surface area contributed by atoms with Crippen LogP contribution in [0, 0.1) is 5.82 Å². The number of aromatic nitrogens is 2. The number of halogens is 1. The number of anilines is 1. The van der Waals surface area contributed by atoms with E-state index in [1.54, 1.807) is 0 Å². The van der Waals surface area contributed by atoms with Gasteiger partial charge in [-0.1, -0.05) is 24.3 Å². The van der Waals surface area contributed by atoms with Gasteiger partial charge in [0.25, 0.3) is 0 Å². The third-order valence-electron chi connectivity index (χ3n) is 5.32. The summed E-state index contributed by atoms with van der Waals surface area (Å²) in [6, 6.07) is 15.0. The standard InChI is InChI=1S/C22H26FN5/c23-17-9-7-16(8-10-17)20(28-13-3-4-14-28)15-25-22-18-5-1-2-6-19(18)26-21(27-22)11-12-24/h1-2,5-10,20H,3-4,11-15,24H2,(H,25,26,27)/t20-/m0/s1. The molecule has 0 unspecified atom stereocenters. The van der Waals surface area contributed by atoms with Gasteiger partial charge in [0.15, 0.2) is 0 Å². The number of benzene rings is 2. The molecule has 0 aliphatic carbocycles. The average molecular weight is 379 g/mol. The lowest BCUT2D eigenvalue weighted by atomic mass is 10.1. The summed E-state index contributed by atoms with van der Waals surface area (Å²) in [5, 5.41) is 4.55. The largest absolute Gasteiger partial charge is 0.368 e. The molecule has 4 rings (SSSR count). The maximum atomic E-state index is 13.4. The fourth-order valence-corrected chi connectivity index (χ4v) is 3.89. The molecule has 1 aromatic heterocycles. The minimum atomic E-state index is -0.204. The van der Waals surface area contributed by atoms with Crippen molar-refractivity contribution in [2.75, 3.05) is 31.5 Å². The minimum absolute atomic E-state index is 0.176. The van der Waals surface area contributed by atoms with Crippen LogP contribution < -0.4 is 11.1 Å². The minimum Gasteiger partial charge on any atom is -0.368 e. The van der Waals surface area contributed by atoms with Crippen molar-refractivity contribution in [2.45, 2.75) is 25.3 Å². The second kappa shape index (κ2) is 8.63. The maximum absolute atomic E-state index is 13.4. The van der Waals surface area contributed by atoms with Crippen LogP contribution in [0.25, 0.3) is 10.9 Å². The van der Waals surface area contributed by atoms with E-state index in [9.17, 15) is 4.39 Å². The van der Waals surface area contributed by atoms with Crippen molar-refractivity contribution in [3.8, 4) is 0 Å². The number of nitrogens with zero attached hydrogens (tertiary/aromatic N) is 3. The molecule has 6 heteroatoms. The van der Waals surface area contributed by atoms with E-state index in [2.05, 4.69) is 15.2 Å². The van der Waals surface area contributed by atoms with Crippen LogP contribution in [0.4, 0.5) is 10.2 Å². The summed E-state index contributed by atoms with van der Waals surface area (Å²) in [6.07, 6.45) is 3.05. The monoisotopic (exact) mass is 379 g/mol. The molecule has 28 heavy (non-hydrogen) atoms. The molecule has 2 heterocycles. The molecule has 3 aromatic rings. The third-order valence-corrected chi connectivity index (χ3v) is 5.32. The van der Waals surface area contributed by atoms with Crippen molar-refractivity contribution in [1.82, 2.24) is 14.9 Å². The Hall–Kier alpha value is -2.57. The number of fused-ring (bicyclic) bond motifs is 1. The predicted molar refractivity (Wildman–Crippen MR) is 111 cm³/mol. The zero-order valence-corrected chi connectivity index (χ0v) is 15.9. The molecule has 1 aliphatic heterocycles. The first-order valence-electron chi connectivity index (χ1n) is 9.94. The van der Waals surface area contributed by atoms with Gasteiger partial charge >= 0.3 is 0 Å². The Kier molecular flexibility index (Phi) is 5.78. The zero-order valence-electron chi connectivity index (χ0n) is 15.9. The number of hydrogen-bond acceptors (Lipinski definition) is 5. The molecule has 0 saturated carbocycles. The van der Waals surface area contributed by atoms with Gasteiger partial charge in [-0.3, -0.25) is 4.90 Å². The number of nitrogens with two attached hydrogens (primary N) is 1. The van der Waals surface area contributed by atoms with Crippen LogP contribution in [-0.2, 0) is 6.42 Å². The van der Waals surface area contributed by atoms with E-state index in [0.29, 0.717) is 19.5 Å². The molecule has 0 spiro atoms. The highest BCUT2D eigenvalue weighted by molar-refractivity contribution is 5.89. The van der Waals surface area contributed by atoms with Gasteiger partial charge in [0.1, 0.15) is 17.5 Å². The predicted octanol–water partition coefficient (Wildman–Crippen LogP) is 3.52. The van der Waals surface area contributed by atoms with Gasteiger partial charge in [0, 0.05) is 18.4 Å². The first-order chi connectivity index (χ1) is 13.7. The zero-order chi connectivity index (χ0) is 19.3.